The summed E-state index contributed by atoms with van der Waals surface area (Å²) >= 11 is 0. The Hall–Kier alpha value is -1.39. The molecule has 3 fully saturated rings. The maximum atomic E-state index is 12.9. The minimum absolute atomic E-state index is 0.171. The smallest absolute Gasteiger partial charge is 0.253 e. The summed E-state index contributed by atoms with van der Waals surface area (Å²) in [5.41, 5.74) is 2.13. The van der Waals surface area contributed by atoms with Crippen LogP contribution in [0.4, 0.5) is 0 Å². The average molecular weight is 342 g/mol. The van der Waals surface area contributed by atoms with Crippen molar-refractivity contribution in [3.63, 3.8) is 0 Å². The number of amides is 1. The van der Waals surface area contributed by atoms with Crippen LogP contribution in [0.2, 0.25) is 0 Å². The molecule has 0 aromatic heterocycles. The van der Waals surface area contributed by atoms with E-state index < -0.39 is 0 Å². The summed E-state index contributed by atoms with van der Waals surface area (Å²) in [6.45, 7) is 8.72. The largest absolute Gasteiger partial charge is 0.378 e. The van der Waals surface area contributed by atoms with Crippen LogP contribution < -0.4 is 0 Å². The van der Waals surface area contributed by atoms with Crippen LogP contribution in [0.5, 0.6) is 0 Å². The Morgan fingerprint density at radius 2 is 1.92 bits per heavy atom. The maximum Gasteiger partial charge on any atom is 0.253 e. The lowest BCUT2D eigenvalue weighted by Crippen LogP contribution is -2.63. The second-order valence-electron chi connectivity index (χ2n) is 8.38. The lowest BCUT2D eigenvalue weighted by atomic mass is 10.0. The number of ether oxygens (including phenoxy) is 1. The molecule has 2 atom stereocenters. The minimum Gasteiger partial charge on any atom is -0.378 e. The van der Waals surface area contributed by atoms with Crippen LogP contribution in [0.25, 0.3) is 0 Å². The highest BCUT2D eigenvalue weighted by Crippen LogP contribution is 2.38. The van der Waals surface area contributed by atoms with E-state index >= 15 is 0 Å². The molecule has 25 heavy (non-hydrogen) atoms. The maximum absolute atomic E-state index is 12.9. The van der Waals surface area contributed by atoms with E-state index in [4.69, 9.17) is 4.74 Å². The van der Waals surface area contributed by atoms with Crippen LogP contribution in [-0.4, -0.2) is 60.6 Å². The molecule has 4 nitrogen and oxygen atoms in total. The summed E-state index contributed by atoms with van der Waals surface area (Å²) in [6, 6.07) is 9.17. The number of carbonyl (C=O) groups is 1. The zero-order valence-electron chi connectivity index (χ0n) is 15.5. The average Bonchev–Trinajstić information content (AvgIpc) is 3.45. The van der Waals surface area contributed by atoms with E-state index in [0.29, 0.717) is 18.0 Å². The zero-order chi connectivity index (χ0) is 17.4. The van der Waals surface area contributed by atoms with Gasteiger partial charge >= 0.3 is 0 Å². The Kier molecular flexibility index (Phi) is 4.83. The van der Waals surface area contributed by atoms with E-state index in [1.54, 1.807) is 0 Å². The molecule has 2 aliphatic heterocycles. The van der Waals surface area contributed by atoms with E-state index in [1.165, 1.54) is 18.4 Å². The fourth-order valence-electron chi connectivity index (χ4n) is 4.38. The van der Waals surface area contributed by atoms with Crippen molar-refractivity contribution in [3.8, 4) is 0 Å². The van der Waals surface area contributed by atoms with E-state index in [2.05, 4.69) is 30.9 Å². The number of piperazine rings is 1. The predicted molar refractivity (Wildman–Crippen MR) is 98.7 cm³/mol. The Labute approximate surface area is 151 Å². The van der Waals surface area contributed by atoms with Gasteiger partial charge in [0.05, 0.1) is 19.3 Å². The van der Waals surface area contributed by atoms with Crippen LogP contribution in [-0.2, 0) is 11.2 Å². The number of fused-ring (bicyclic) bond motifs is 1. The first-order valence-electron chi connectivity index (χ1n) is 9.83. The van der Waals surface area contributed by atoms with Crippen molar-refractivity contribution in [1.29, 1.82) is 0 Å². The van der Waals surface area contributed by atoms with Gasteiger partial charge in [-0.2, -0.15) is 0 Å². The molecule has 4 rings (SSSR count). The first-order chi connectivity index (χ1) is 12.1. The molecule has 2 heterocycles. The van der Waals surface area contributed by atoms with Gasteiger partial charge in [-0.1, -0.05) is 26.0 Å². The van der Waals surface area contributed by atoms with Crippen molar-refractivity contribution in [2.75, 3.05) is 32.8 Å². The summed E-state index contributed by atoms with van der Waals surface area (Å²) in [5.74, 6) is 1.64. The first-order valence-corrected chi connectivity index (χ1v) is 9.83. The van der Waals surface area contributed by atoms with E-state index in [-0.39, 0.29) is 5.91 Å². The third-order valence-corrected chi connectivity index (χ3v) is 5.85. The second kappa shape index (κ2) is 7.08. The molecular formula is C21H30N2O2. The van der Waals surface area contributed by atoms with Crippen LogP contribution in [0, 0.1) is 11.8 Å². The van der Waals surface area contributed by atoms with Gasteiger partial charge in [-0.15, -0.1) is 0 Å². The molecule has 1 aromatic rings. The van der Waals surface area contributed by atoms with Crippen LogP contribution in [0.3, 0.4) is 0 Å². The molecule has 4 heteroatoms. The number of hydrogen-bond acceptors (Lipinski definition) is 3. The molecule has 3 aliphatic rings. The number of hydrogen-bond donors (Lipinski definition) is 0. The zero-order valence-corrected chi connectivity index (χ0v) is 15.5. The van der Waals surface area contributed by atoms with E-state index in [0.717, 1.165) is 50.8 Å². The van der Waals surface area contributed by atoms with Crippen molar-refractivity contribution in [2.24, 2.45) is 11.8 Å². The molecule has 0 unspecified atom stereocenters. The standard InChI is InChI=1S/C21H30N2O2/c1-15(2)11-16-3-5-18(6-4-16)21(24)22-9-10-23-19(12-22)13-25-14-20(23)17-7-8-17/h3-6,15,17,19-20H,7-14H2,1-2H3/t19-,20-/m1/s1. The molecule has 0 spiro atoms. The Morgan fingerprint density at radius 1 is 1.16 bits per heavy atom. The van der Waals surface area contributed by atoms with Gasteiger partial charge in [0.15, 0.2) is 0 Å². The molecule has 1 saturated carbocycles. The van der Waals surface area contributed by atoms with Gasteiger partial charge in [0.25, 0.3) is 5.91 Å². The summed E-state index contributed by atoms with van der Waals surface area (Å²) in [5, 5.41) is 0. The third-order valence-electron chi connectivity index (χ3n) is 5.85. The molecule has 136 valence electrons. The fraction of sp³-hybridized carbons (Fsp3) is 0.667. The highest BCUT2D eigenvalue weighted by molar-refractivity contribution is 5.94. The molecule has 1 amide bonds. The molecule has 2 saturated heterocycles. The van der Waals surface area contributed by atoms with Gasteiger partial charge < -0.3 is 9.64 Å². The topological polar surface area (TPSA) is 32.8 Å². The summed E-state index contributed by atoms with van der Waals surface area (Å²) in [6.07, 6.45) is 3.76. The molecule has 1 aliphatic carbocycles. The predicted octanol–water partition coefficient (Wildman–Crippen LogP) is 2.82. The highest BCUT2D eigenvalue weighted by Gasteiger charge is 2.43. The summed E-state index contributed by atoms with van der Waals surface area (Å²) < 4.78 is 5.86. The SMILES string of the molecule is CC(C)Cc1ccc(C(=O)N2CCN3[C@@H](COC[C@@H]3C3CC3)C2)cc1. The molecular weight excluding hydrogens is 312 g/mol. The lowest BCUT2D eigenvalue weighted by molar-refractivity contribution is -0.0816. The lowest BCUT2D eigenvalue weighted by Gasteiger charge is -2.48. The van der Waals surface area contributed by atoms with Gasteiger partial charge in [0.2, 0.25) is 0 Å². The number of rotatable bonds is 4. The highest BCUT2D eigenvalue weighted by atomic mass is 16.5. The Balaban J connectivity index is 1.40. The fourth-order valence-corrected chi connectivity index (χ4v) is 4.38. The number of carbonyl (C=O) groups excluding carboxylic acids is 1. The quantitative estimate of drug-likeness (QED) is 0.843. The molecule has 0 bridgehead atoms. The van der Waals surface area contributed by atoms with Crippen LogP contribution >= 0.6 is 0 Å². The van der Waals surface area contributed by atoms with Gasteiger partial charge in [0, 0.05) is 31.2 Å². The second-order valence-corrected chi connectivity index (χ2v) is 8.38. The monoisotopic (exact) mass is 342 g/mol. The number of nitrogens with zero attached hydrogens (tertiary/aromatic N) is 2. The van der Waals surface area contributed by atoms with Crippen LogP contribution in [0.1, 0.15) is 42.6 Å². The van der Waals surface area contributed by atoms with Gasteiger partial charge in [0.1, 0.15) is 0 Å². The Morgan fingerprint density at radius 3 is 2.60 bits per heavy atom. The molecule has 1 aromatic carbocycles. The third kappa shape index (κ3) is 3.75. The van der Waals surface area contributed by atoms with Crippen molar-refractivity contribution < 1.29 is 9.53 Å². The Bertz CT molecular complexity index is 609. The van der Waals surface area contributed by atoms with Crippen molar-refractivity contribution in [2.45, 2.75) is 45.2 Å². The van der Waals surface area contributed by atoms with E-state index in [9.17, 15) is 4.79 Å². The van der Waals surface area contributed by atoms with Gasteiger partial charge in [-0.3, -0.25) is 9.69 Å². The van der Waals surface area contributed by atoms with Gasteiger partial charge in [-0.25, -0.2) is 0 Å². The summed E-state index contributed by atoms with van der Waals surface area (Å²) in [4.78, 5) is 17.5. The first kappa shape index (κ1) is 17.0. The molecule has 0 N–H and O–H groups in total. The number of benzene rings is 1. The minimum atomic E-state index is 0.171. The van der Waals surface area contributed by atoms with Crippen LogP contribution in [0.15, 0.2) is 24.3 Å². The van der Waals surface area contributed by atoms with Crippen molar-refractivity contribution >= 4 is 5.91 Å². The number of morpholine rings is 1. The van der Waals surface area contributed by atoms with Crippen molar-refractivity contribution in [3.05, 3.63) is 35.4 Å². The molecule has 0 radical (unpaired) electrons. The van der Waals surface area contributed by atoms with Crippen molar-refractivity contribution in [1.82, 2.24) is 9.80 Å². The normalized spacial score (nSPS) is 27.4. The van der Waals surface area contributed by atoms with E-state index in [1.807, 2.05) is 17.0 Å². The summed E-state index contributed by atoms with van der Waals surface area (Å²) in [7, 11) is 0. The van der Waals surface area contributed by atoms with Gasteiger partial charge in [-0.05, 0) is 48.8 Å².